The molecular formula is C20H19N3O3S. The normalized spacial score (nSPS) is 19.6. The molecule has 2 aromatic heterocycles. The molecule has 1 saturated heterocycles. The van der Waals surface area contributed by atoms with Crippen LogP contribution in [0.15, 0.2) is 46.2 Å². The maximum atomic E-state index is 13.1. The number of nitrogens with zero attached hydrogens (tertiary/aromatic N) is 2. The molecule has 0 saturated carbocycles. The number of urea groups is 1. The van der Waals surface area contributed by atoms with Gasteiger partial charge in [0, 0.05) is 0 Å². The molecule has 3 heterocycles. The third-order valence-electron chi connectivity index (χ3n) is 4.84. The Labute approximate surface area is 160 Å². The van der Waals surface area contributed by atoms with Gasteiger partial charge in [-0.25, -0.2) is 9.78 Å². The standard InChI is InChI=1S/C20H19N3O3S/c1-12-6-8-14(9-7-12)20(3)18(24)23(19(25)22-20)11-15-13(2)26-17(21-15)16-5-4-10-27-16/h4-10H,11H2,1-3H3,(H,22,25). The molecule has 1 N–H and O–H groups in total. The van der Waals surface area contributed by atoms with Crippen LogP contribution in [0, 0.1) is 13.8 Å². The molecular weight excluding hydrogens is 362 g/mol. The van der Waals surface area contributed by atoms with Crippen LogP contribution in [0.4, 0.5) is 4.79 Å². The van der Waals surface area contributed by atoms with Crippen LogP contribution in [0.1, 0.15) is 29.5 Å². The number of oxazole rings is 1. The number of nitrogens with one attached hydrogen (secondary N) is 1. The van der Waals surface area contributed by atoms with E-state index in [1.165, 1.54) is 16.2 Å². The highest BCUT2D eigenvalue weighted by Crippen LogP contribution is 2.31. The zero-order chi connectivity index (χ0) is 19.2. The van der Waals surface area contributed by atoms with E-state index in [2.05, 4.69) is 10.3 Å². The largest absolute Gasteiger partial charge is 0.440 e. The van der Waals surface area contributed by atoms with Crippen molar-refractivity contribution >= 4 is 23.3 Å². The number of aromatic nitrogens is 1. The molecule has 0 radical (unpaired) electrons. The van der Waals surface area contributed by atoms with Crippen LogP contribution in [0.2, 0.25) is 0 Å². The summed E-state index contributed by atoms with van der Waals surface area (Å²) in [6, 6.07) is 11.0. The molecule has 1 aliphatic heterocycles. The number of benzene rings is 1. The van der Waals surface area contributed by atoms with Crippen molar-refractivity contribution in [2.45, 2.75) is 32.9 Å². The summed E-state index contributed by atoms with van der Waals surface area (Å²) in [4.78, 5) is 32.2. The topological polar surface area (TPSA) is 75.4 Å². The molecule has 1 aliphatic rings. The van der Waals surface area contributed by atoms with Gasteiger partial charge >= 0.3 is 6.03 Å². The zero-order valence-electron chi connectivity index (χ0n) is 15.3. The molecule has 0 spiro atoms. The van der Waals surface area contributed by atoms with Gasteiger partial charge in [0.05, 0.1) is 11.4 Å². The van der Waals surface area contributed by atoms with Gasteiger partial charge in [-0.05, 0) is 37.8 Å². The summed E-state index contributed by atoms with van der Waals surface area (Å²) in [6.07, 6.45) is 0. The number of hydrogen-bond acceptors (Lipinski definition) is 5. The Balaban J connectivity index is 1.61. The van der Waals surface area contributed by atoms with Gasteiger partial charge in [0.15, 0.2) is 0 Å². The van der Waals surface area contributed by atoms with Crippen LogP contribution in [-0.2, 0) is 16.9 Å². The third kappa shape index (κ3) is 2.94. The molecule has 4 rings (SSSR count). The quantitative estimate of drug-likeness (QED) is 0.694. The molecule has 0 bridgehead atoms. The zero-order valence-corrected chi connectivity index (χ0v) is 16.1. The van der Waals surface area contributed by atoms with E-state index in [1.54, 1.807) is 13.8 Å². The molecule has 1 unspecified atom stereocenters. The number of carbonyl (C=O) groups is 2. The first-order valence-corrected chi connectivity index (χ1v) is 9.48. The monoisotopic (exact) mass is 381 g/mol. The molecule has 1 aromatic carbocycles. The SMILES string of the molecule is Cc1ccc(C2(C)NC(=O)N(Cc3nc(-c4cccs4)oc3C)C2=O)cc1. The minimum atomic E-state index is -1.08. The van der Waals surface area contributed by atoms with Crippen LogP contribution in [0.3, 0.4) is 0 Å². The van der Waals surface area contributed by atoms with Crippen molar-refractivity contribution in [3.05, 3.63) is 64.4 Å². The van der Waals surface area contributed by atoms with E-state index >= 15 is 0 Å². The first kappa shape index (κ1) is 17.5. The maximum Gasteiger partial charge on any atom is 0.325 e. The Morgan fingerprint density at radius 2 is 1.93 bits per heavy atom. The van der Waals surface area contributed by atoms with E-state index in [9.17, 15) is 9.59 Å². The minimum Gasteiger partial charge on any atom is -0.440 e. The van der Waals surface area contributed by atoms with E-state index in [-0.39, 0.29) is 12.5 Å². The smallest absolute Gasteiger partial charge is 0.325 e. The van der Waals surface area contributed by atoms with Crippen molar-refractivity contribution in [2.24, 2.45) is 0 Å². The Morgan fingerprint density at radius 3 is 2.59 bits per heavy atom. The Morgan fingerprint density at radius 1 is 1.19 bits per heavy atom. The van der Waals surface area contributed by atoms with Crippen molar-refractivity contribution < 1.29 is 14.0 Å². The molecule has 1 fully saturated rings. The number of rotatable bonds is 4. The average Bonchev–Trinajstić information content (AvgIpc) is 3.33. The van der Waals surface area contributed by atoms with Crippen molar-refractivity contribution in [3.63, 3.8) is 0 Å². The second kappa shape index (κ2) is 6.35. The lowest BCUT2D eigenvalue weighted by molar-refractivity contribution is -0.131. The van der Waals surface area contributed by atoms with Crippen LogP contribution >= 0.6 is 11.3 Å². The van der Waals surface area contributed by atoms with Gasteiger partial charge in [-0.2, -0.15) is 0 Å². The summed E-state index contributed by atoms with van der Waals surface area (Å²) in [6.45, 7) is 5.57. The lowest BCUT2D eigenvalue weighted by Crippen LogP contribution is -2.40. The van der Waals surface area contributed by atoms with Gasteiger partial charge in [0.25, 0.3) is 5.91 Å². The summed E-state index contributed by atoms with van der Waals surface area (Å²) in [5.41, 5.74) is 1.34. The predicted molar refractivity (Wildman–Crippen MR) is 102 cm³/mol. The molecule has 0 aliphatic carbocycles. The van der Waals surface area contributed by atoms with Gasteiger partial charge in [0.2, 0.25) is 5.89 Å². The maximum absolute atomic E-state index is 13.1. The lowest BCUT2D eigenvalue weighted by Gasteiger charge is -2.22. The fourth-order valence-electron chi connectivity index (χ4n) is 3.15. The fourth-order valence-corrected chi connectivity index (χ4v) is 3.80. The highest BCUT2D eigenvalue weighted by atomic mass is 32.1. The van der Waals surface area contributed by atoms with Crippen LogP contribution in [-0.4, -0.2) is 21.8 Å². The Kier molecular flexibility index (Phi) is 4.11. The van der Waals surface area contributed by atoms with Crippen molar-refractivity contribution in [3.8, 4) is 10.8 Å². The fraction of sp³-hybridized carbons (Fsp3) is 0.250. The van der Waals surface area contributed by atoms with Gasteiger partial charge in [0.1, 0.15) is 17.0 Å². The number of thiophene rings is 1. The summed E-state index contributed by atoms with van der Waals surface area (Å²) in [5, 5.41) is 4.76. The van der Waals surface area contributed by atoms with Crippen molar-refractivity contribution in [1.29, 1.82) is 0 Å². The molecule has 27 heavy (non-hydrogen) atoms. The van der Waals surface area contributed by atoms with E-state index in [0.717, 1.165) is 16.0 Å². The molecule has 138 valence electrons. The lowest BCUT2D eigenvalue weighted by atomic mass is 9.91. The average molecular weight is 381 g/mol. The number of imide groups is 1. The van der Waals surface area contributed by atoms with Gasteiger partial charge in [-0.3, -0.25) is 9.69 Å². The van der Waals surface area contributed by atoms with E-state index in [0.29, 0.717) is 17.3 Å². The number of hydrogen-bond donors (Lipinski definition) is 1. The molecule has 3 aromatic rings. The van der Waals surface area contributed by atoms with Crippen molar-refractivity contribution in [2.75, 3.05) is 0 Å². The summed E-state index contributed by atoms with van der Waals surface area (Å²) >= 11 is 1.52. The first-order chi connectivity index (χ1) is 12.9. The van der Waals surface area contributed by atoms with E-state index in [1.807, 2.05) is 48.7 Å². The molecule has 1 atom stereocenters. The van der Waals surface area contributed by atoms with Gasteiger partial charge in [-0.1, -0.05) is 35.9 Å². The minimum absolute atomic E-state index is 0.0762. The van der Waals surface area contributed by atoms with Gasteiger partial charge < -0.3 is 9.73 Å². The van der Waals surface area contributed by atoms with Crippen LogP contribution in [0.5, 0.6) is 0 Å². The number of amides is 3. The van der Waals surface area contributed by atoms with Crippen LogP contribution in [0.25, 0.3) is 10.8 Å². The van der Waals surface area contributed by atoms with Gasteiger partial charge in [-0.15, -0.1) is 11.3 Å². The Hall–Kier alpha value is -2.93. The molecule has 7 heteroatoms. The highest BCUT2D eigenvalue weighted by Gasteiger charge is 2.49. The van der Waals surface area contributed by atoms with Crippen LogP contribution < -0.4 is 5.32 Å². The molecule has 3 amide bonds. The second-order valence-corrected chi connectivity index (χ2v) is 7.76. The second-order valence-electron chi connectivity index (χ2n) is 6.81. The third-order valence-corrected chi connectivity index (χ3v) is 5.69. The first-order valence-electron chi connectivity index (χ1n) is 8.60. The number of carbonyl (C=O) groups excluding carboxylic acids is 2. The van der Waals surface area contributed by atoms with E-state index < -0.39 is 11.6 Å². The number of aryl methyl sites for hydroxylation is 2. The highest BCUT2D eigenvalue weighted by molar-refractivity contribution is 7.13. The predicted octanol–water partition coefficient (Wildman–Crippen LogP) is 3.99. The van der Waals surface area contributed by atoms with Crippen molar-refractivity contribution in [1.82, 2.24) is 15.2 Å². The summed E-state index contributed by atoms with van der Waals surface area (Å²) < 4.78 is 5.72. The summed E-state index contributed by atoms with van der Waals surface area (Å²) in [7, 11) is 0. The van der Waals surface area contributed by atoms with E-state index in [4.69, 9.17) is 4.42 Å². The Bertz CT molecular complexity index is 1010. The molecule has 6 nitrogen and oxygen atoms in total. The summed E-state index contributed by atoms with van der Waals surface area (Å²) in [5.74, 6) is 0.810.